The van der Waals surface area contributed by atoms with Crippen LogP contribution in [0.25, 0.3) is 0 Å². The van der Waals surface area contributed by atoms with Gasteiger partial charge in [-0.1, -0.05) is 29.8 Å². The van der Waals surface area contributed by atoms with E-state index < -0.39 is 10.0 Å². The highest BCUT2D eigenvalue weighted by atomic mass is 32.2. The van der Waals surface area contributed by atoms with Crippen LogP contribution < -0.4 is 4.74 Å². The molecule has 1 amide bonds. The van der Waals surface area contributed by atoms with Crippen LogP contribution in [-0.4, -0.2) is 56.3 Å². The van der Waals surface area contributed by atoms with Gasteiger partial charge in [0.25, 0.3) is 0 Å². The van der Waals surface area contributed by atoms with Gasteiger partial charge in [-0.3, -0.25) is 4.79 Å². The topological polar surface area (TPSA) is 66.9 Å². The van der Waals surface area contributed by atoms with Crippen LogP contribution in [0.4, 0.5) is 0 Å². The molecule has 156 valence electrons. The summed E-state index contributed by atoms with van der Waals surface area (Å²) in [6.45, 7) is 7.46. The lowest BCUT2D eigenvalue weighted by atomic mass is 10.2. The number of carbonyl (C=O) groups is 1. The molecule has 0 saturated carbocycles. The Labute approximate surface area is 173 Å². The molecule has 1 aliphatic heterocycles. The zero-order chi connectivity index (χ0) is 21.0. The molecular formula is C22H28N2O4S. The van der Waals surface area contributed by atoms with Crippen LogP contribution in [0.5, 0.6) is 5.75 Å². The molecule has 1 heterocycles. The Morgan fingerprint density at radius 1 is 0.966 bits per heavy atom. The first-order chi connectivity index (χ1) is 13.8. The van der Waals surface area contributed by atoms with Crippen LogP contribution in [0.1, 0.15) is 23.1 Å². The Morgan fingerprint density at radius 3 is 2.31 bits per heavy atom. The van der Waals surface area contributed by atoms with E-state index in [4.69, 9.17) is 4.74 Å². The molecule has 1 fully saturated rings. The summed E-state index contributed by atoms with van der Waals surface area (Å²) in [4.78, 5) is 14.5. The second-order valence-electron chi connectivity index (χ2n) is 7.47. The first kappa shape index (κ1) is 21.3. The van der Waals surface area contributed by atoms with Gasteiger partial charge in [0.2, 0.25) is 15.9 Å². The lowest BCUT2D eigenvalue weighted by molar-refractivity contribution is -0.132. The minimum Gasteiger partial charge on any atom is -0.493 e. The highest BCUT2D eigenvalue weighted by Gasteiger charge is 2.30. The normalized spacial score (nSPS) is 15.3. The number of nitrogens with zero attached hydrogens (tertiary/aromatic N) is 2. The molecule has 0 aromatic heterocycles. The predicted octanol–water partition coefficient (Wildman–Crippen LogP) is 2.91. The second-order valence-corrected chi connectivity index (χ2v) is 9.38. The molecule has 0 bridgehead atoms. The second kappa shape index (κ2) is 8.97. The van der Waals surface area contributed by atoms with E-state index in [0.29, 0.717) is 37.7 Å². The van der Waals surface area contributed by atoms with Crippen molar-refractivity contribution in [1.29, 1.82) is 0 Å². The van der Waals surface area contributed by atoms with Crippen LogP contribution in [0.2, 0.25) is 0 Å². The van der Waals surface area contributed by atoms with Gasteiger partial charge in [0.1, 0.15) is 5.75 Å². The molecule has 7 heteroatoms. The van der Waals surface area contributed by atoms with Gasteiger partial charge in [0, 0.05) is 26.2 Å². The third-order valence-electron chi connectivity index (χ3n) is 5.11. The van der Waals surface area contributed by atoms with Gasteiger partial charge in [0.05, 0.1) is 17.9 Å². The minimum atomic E-state index is -3.54. The number of ether oxygens (including phenoxy) is 1. The van der Waals surface area contributed by atoms with E-state index in [1.54, 1.807) is 11.0 Å². The van der Waals surface area contributed by atoms with Crippen molar-refractivity contribution in [2.24, 2.45) is 0 Å². The number of sulfonamides is 1. The molecule has 0 atom stereocenters. The van der Waals surface area contributed by atoms with Crippen molar-refractivity contribution in [3.63, 3.8) is 0 Å². The largest absolute Gasteiger partial charge is 0.493 e. The smallest absolute Gasteiger partial charge is 0.243 e. The van der Waals surface area contributed by atoms with E-state index in [1.165, 1.54) is 4.31 Å². The first-order valence-corrected chi connectivity index (χ1v) is 11.3. The highest BCUT2D eigenvalue weighted by molar-refractivity contribution is 7.89. The molecule has 1 aliphatic rings. The Bertz CT molecular complexity index is 980. The number of benzene rings is 2. The van der Waals surface area contributed by atoms with E-state index in [0.717, 1.165) is 22.4 Å². The molecule has 0 unspecified atom stereocenters. The summed E-state index contributed by atoms with van der Waals surface area (Å²) in [5.41, 5.74) is 2.89. The van der Waals surface area contributed by atoms with Crippen LogP contribution in [0.15, 0.2) is 47.4 Å². The number of carbonyl (C=O) groups excluding carboxylic acids is 1. The minimum absolute atomic E-state index is 0.0128. The average Bonchev–Trinajstić information content (AvgIpc) is 2.68. The van der Waals surface area contributed by atoms with Crippen LogP contribution in [0, 0.1) is 20.8 Å². The standard InChI is InChI=1S/C22H28N2O4S/c1-17-5-4-6-20(16-17)28-14-9-22(25)23-10-12-24(13-11-23)29(26,27)21-8-7-18(2)15-19(21)3/h4-8,15-16H,9-14H2,1-3H3. The van der Waals surface area contributed by atoms with Crippen molar-refractivity contribution in [1.82, 2.24) is 9.21 Å². The van der Waals surface area contributed by atoms with Crippen molar-refractivity contribution < 1.29 is 17.9 Å². The van der Waals surface area contributed by atoms with Gasteiger partial charge in [0.15, 0.2) is 0 Å². The lowest BCUT2D eigenvalue weighted by Crippen LogP contribution is -2.50. The van der Waals surface area contributed by atoms with Gasteiger partial charge >= 0.3 is 0 Å². The Balaban J connectivity index is 1.52. The van der Waals surface area contributed by atoms with E-state index in [1.807, 2.05) is 57.2 Å². The first-order valence-electron chi connectivity index (χ1n) is 9.82. The van der Waals surface area contributed by atoms with Gasteiger partial charge in [-0.25, -0.2) is 8.42 Å². The van der Waals surface area contributed by atoms with Crippen molar-refractivity contribution in [2.75, 3.05) is 32.8 Å². The Kier molecular flexibility index (Phi) is 6.59. The van der Waals surface area contributed by atoms with Gasteiger partial charge in [-0.05, 0) is 50.1 Å². The summed E-state index contributed by atoms with van der Waals surface area (Å²) >= 11 is 0. The fourth-order valence-electron chi connectivity index (χ4n) is 3.53. The van der Waals surface area contributed by atoms with Gasteiger partial charge in [-0.2, -0.15) is 4.31 Å². The number of amides is 1. The molecule has 0 N–H and O–H groups in total. The summed E-state index contributed by atoms with van der Waals surface area (Å²) in [7, 11) is -3.54. The maximum Gasteiger partial charge on any atom is 0.243 e. The fourth-order valence-corrected chi connectivity index (χ4v) is 5.15. The van der Waals surface area contributed by atoms with Crippen LogP contribution in [0.3, 0.4) is 0 Å². The van der Waals surface area contributed by atoms with Crippen molar-refractivity contribution >= 4 is 15.9 Å². The summed E-state index contributed by atoms with van der Waals surface area (Å²) < 4.78 is 33.0. The fraction of sp³-hybridized carbons (Fsp3) is 0.409. The summed E-state index contributed by atoms with van der Waals surface area (Å²) in [5.74, 6) is 0.739. The predicted molar refractivity (Wildman–Crippen MR) is 113 cm³/mol. The van der Waals surface area contributed by atoms with Crippen LogP contribution in [-0.2, 0) is 14.8 Å². The van der Waals surface area contributed by atoms with E-state index >= 15 is 0 Å². The molecule has 1 saturated heterocycles. The zero-order valence-electron chi connectivity index (χ0n) is 17.2. The van der Waals surface area contributed by atoms with Gasteiger partial charge in [-0.15, -0.1) is 0 Å². The van der Waals surface area contributed by atoms with Gasteiger partial charge < -0.3 is 9.64 Å². The molecule has 3 rings (SSSR count). The highest BCUT2D eigenvalue weighted by Crippen LogP contribution is 2.22. The van der Waals surface area contributed by atoms with Crippen molar-refractivity contribution in [3.8, 4) is 5.75 Å². The lowest BCUT2D eigenvalue weighted by Gasteiger charge is -2.34. The zero-order valence-corrected chi connectivity index (χ0v) is 18.0. The number of hydrogen-bond acceptors (Lipinski definition) is 4. The Hall–Kier alpha value is -2.38. The molecule has 0 aliphatic carbocycles. The summed E-state index contributed by atoms with van der Waals surface area (Å²) in [6.07, 6.45) is 0.276. The van der Waals surface area contributed by atoms with E-state index in [9.17, 15) is 13.2 Å². The number of hydrogen-bond donors (Lipinski definition) is 0. The van der Waals surface area contributed by atoms with E-state index in [-0.39, 0.29) is 12.3 Å². The SMILES string of the molecule is Cc1cccc(OCCC(=O)N2CCN(S(=O)(=O)c3ccc(C)cc3C)CC2)c1. The van der Waals surface area contributed by atoms with E-state index in [2.05, 4.69) is 0 Å². The summed E-state index contributed by atoms with van der Waals surface area (Å²) in [6, 6.07) is 13.1. The molecule has 2 aromatic rings. The molecule has 0 radical (unpaired) electrons. The molecule has 6 nitrogen and oxygen atoms in total. The molecule has 29 heavy (non-hydrogen) atoms. The van der Waals surface area contributed by atoms with Crippen molar-refractivity contribution in [2.45, 2.75) is 32.1 Å². The number of aryl methyl sites for hydroxylation is 3. The van der Waals surface area contributed by atoms with Crippen molar-refractivity contribution in [3.05, 3.63) is 59.2 Å². The third-order valence-corrected chi connectivity index (χ3v) is 7.17. The summed E-state index contributed by atoms with van der Waals surface area (Å²) in [5, 5.41) is 0. The number of rotatable bonds is 6. The van der Waals surface area contributed by atoms with Crippen LogP contribution >= 0.6 is 0 Å². The Morgan fingerprint density at radius 2 is 1.66 bits per heavy atom. The molecular weight excluding hydrogens is 388 g/mol. The maximum atomic E-state index is 13.0. The monoisotopic (exact) mass is 416 g/mol. The number of piperazine rings is 1. The third kappa shape index (κ3) is 5.16. The molecule has 0 spiro atoms. The maximum absolute atomic E-state index is 13.0. The molecule has 2 aromatic carbocycles. The average molecular weight is 417 g/mol. The quantitative estimate of drug-likeness (QED) is 0.726.